The van der Waals surface area contributed by atoms with E-state index < -0.39 is 17.3 Å². The Morgan fingerprint density at radius 2 is 2.36 bits per heavy atom. The van der Waals surface area contributed by atoms with E-state index in [9.17, 15) is 9.00 Å². The normalized spacial score (nSPS) is 13.3. The van der Waals surface area contributed by atoms with Crippen LogP contribution in [0, 0.1) is 0 Å². The molecule has 5 heteroatoms. The molecule has 1 atom stereocenters. The topological polar surface area (TPSA) is 63.6 Å². The smallest absolute Gasteiger partial charge is 0.340 e. The Hall–Kier alpha value is -0.680. The van der Waals surface area contributed by atoms with E-state index in [0.717, 1.165) is 18.9 Å². The van der Waals surface area contributed by atoms with E-state index in [1.165, 1.54) is 0 Å². The molecular formula is C6H10O4S. The summed E-state index contributed by atoms with van der Waals surface area (Å²) < 4.78 is 21.8. The van der Waals surface area contributed by atoms with Gasteiger partial charge in [0.15, 0.2) is 0 Å². The van der Waals surface area contributed by atoms with Crippen molar-refractivity contribution in [2.24, 2.45) is 0 Å². The molecule has 0 aliphatic heterocycles. The Labute approximate surface area is 67.7 Å². The largest absolute Gasteiger partial charge is 0.360 e. The van der Waals surface area contributed by atoms with Crippen molar-refractivity contribution in [3.63, 3.8) is 0 Å². The quantitative estimate of drug-likeness (QED) is 0.515. The summed E-state index contributed by atoms with van der Waals surface area (Å²) in [6, 6.07) is 0. The molecule has 0 heterocycles. The van der Waals surface area contributed by atoms with Gasteiger partial charge >= 0.3 is 17.3 Å². The molecule has 0 bridgehead atoms. The summed E-state index contributed by atoms with van der Waals surface area (Å²) in [5.41, 5.74) is 0. The number of hydrogen-bond donors (Lipinski definition) is 1. The highest BCUT2D eigenvalue weighted by Gasteiger charge is 1.99. The Morgan fingerprint density at radius 3 is 2.82 bits per heavy atom. The number of unbranched alkanes of at least 4 members (excludes halogenated alkanes) is 1. The maximum atomic E-state index is 10.5. The first-order valence-electron chi connectivity index (χ1n) is 3.16. The molecule has 0 saturated heterocycles. The van der Waals surface area contributed by atoms with Crippen LogP contribution in [0.2, 0.25) is 0 Å². The summed E-state index contributed by atoms with van der Waals surface area (Å²) in [5.74, 6) is -0.792. The number of carbonyl (C=O) groups is 1. The fourth-order valence-corrected chi connectivity index (χ4v) is 0.640. The van der Waals surface area contributed by atoms with E-state index in [-0.39, 0.29) is 0 Å². The fraction of sp³-hybridized carbons (Fsp3) is 0.500. The van der Waals surface area contributed by atoms with Gasteiger partial charge in [-0.3, -0.25) is 4.55 Å². The first kappa shape index (κ1) is 10.3. The van der Waals surface area contributed by atoms with Crippen LogP contribution >= 0.6 is 0 Å². The number of hydrogen-bond acceptors (Lipinski definition) is 3. The Balaban J connectivity index is 3.60. The maximum absolute atomic E-state index is 10.5. The van der Waals surface area contributed by atoms with Crippen LogP contribution in [0.1, 0.15) is 19.8 Å². The Kier molecular flexibility index (Phi) is 5.68. The van der Waals surface area contributed by atoms with E-state index in [4.69, 9.17) is 4.55 Å². The van der Waals surface area contributed by atoms with Crippen molar-refractivity contribution in [1.82, 2.24) is 0 Å². The summed E-state index contributed by atoms with van der Waals surface area (Å²) in [4.78, 5) is 10.5. The zero-order valence-electron chi connectivity index (χ0n) is 6.15. The summed E-state index contributed by atoms with van der Waals surface area (Å²) in [6.07, 6.45) is 4.41. The molecule has 0 radical (unpaired) electrons. The van der Waals surface area contributed by atoms with Gasteiger partial charge in [0, 0.05) is 6.08 Å². The Morgan fingerprint density at radius 1 is 1.73 bits per heavy atom. The molecule has 0 aliphatic carbocycles. The minimum Gasteiger partial charge on any atom is -0.340 e. The molecule has 0 aromatic carbocycles. The molecule has 0 aliphatic rings. The lowest BCUT2D eigenvalue weighted by Crippen LogP contribution is -2.02. The van der Waals surface area contributed by atoms with E-state index in [1.807, 2.05) is 6.92 Å². The second-order valence-electron chi connectivity index (χ2n) is 1.81. The van der Waals surface area contributed by atoms with Crippen LogP contribution in [-0.4, -0.2) is 14.7 Å². The molecule has 64 valence electrons. The highest BCUT2D eigenvalue weighted by atomic mass is 32.2. The van der Waals surface area contributed by atoms with Gasteiger partial charge in [-0.1, -0.05) is 19.4 Å². The van der Waals surface area contributed by atoms with Crippen LogP contribution in [0.3, 0.4) is 0 Å². The standard InChI is InChI=1S/C6H10O4S/c1-2-3-4-5-6(7)10-11(8)9/h4-5H,2-3H2,1H3,(H,8,9). The summed E-state index contributed by atoms with van der Waals surface area (Å²) in [6.45, 7) is 1.96. The third-order valence-corrected chi connectivity index (χ3v) is 1.17. The van der Waals surface area contributed by atoms with Crippen molar-refractivity contribution >= 4 is 17.3 Å². The lowest BCUT2D eigenvalue weighted by molar-refractivity contribution is -0.128. The Bertz CT molecular complexity index is 175. The van der Waals surface area contributed by atoms with Crippen LogP contribution in [-0.2, 0) is 20.3 Å². The van der Waals surface area contributed by atoms with E-state index in [1.54, 1.807) is 6.08 Å². The van der Waals surface area contributed by atoms with E-state index >= 15 is 0 Å². The average molecular weight is 178 g/mol. The van der Waals surface area contributed by atoms with Gasteiger partial charge in [0.1, 0.15) is 0 Å². The number of carbonyl (C=O) groups excluding carboxylic acids is 1. The van der Waals surface area contributed by atoms with E-state index in [0.29, 0.717) is 0 Å². The molecule has 11 heavy (non-hydrogen) atoms. The SMILES string of the molecule is CCCC=CC(=O)OS(=O)O. The van der Waals surface area contributed by atoms with Gasteiger partial charge in [0.05, 0.1) is 0 Å². The molecule has 0 spiro atoms. The van der Waals surface area contributed by atoms with Gasteiger partial charge in [-0.2, -0.15) is 4.21 Å². The first-order valence-corrected chi connectivity index (χ1v) is 4.19. The molecule has 1 unspecified atom stereocenters. The first-order chi connectivity index (χ1) is 5.16. The van der Waals surface area contributed by atoms with Crippen molar-refractivity contribution < 1.29 is 17.7 Å². The molecule has 1 N–H and O–H groups in total. The van der Waals surface area contributed by atoms with Gasteiger partial charge in [-0.15, -0.1) is 0 Å². The van der Waals surface area contributed by atoms with Crippen molar-refractivity contribution in [3.05, 3.63) is 12.2 Å². The number of rotatable bonds is 4. The minimum atomic E-state index is -2.50. The summed E-state index contributed by atoms with van der Waals surface area (Å²) >= 11 is -2.50. The molecule has 0 amide bonds. The summed E-state index contributed by atoms with van der Waals surface area (Å²) in [7, 11) is 0. The van der Waals surface area contributed by atoms with Crippen LogP contribution in [0.5, 0.6) is 0 Å². The summed E-state index contributed by atoms with van der Waals surface area (Å²) in [5, 5.41) is 0. The molecule has 0 aromatic heterocycles. The van der Waals surface area contributed by atoms with Gasteiger partial charge in [0.25, 0.3) is 0 Å². The lowest BCUT2D eigenvalue weighted by Gasteiger charge is -1.90. The van der Waals surface area contributed by atoms with Crippen LogP contribution in [0.25, 0.3) is 0 Å². The molecule has 0 rings (SSSR count). The molecular weight excluding hydrogens is 168 g/mol. The highest BCUT2D eigenvalue weighted by molar-refractivity contribution is 7.74. The zero-order valence-corrected chi connectivity index (χ0v) is 6.97. The van der Waals surface area contributed by atoms with Crippen LogP contribution < -0.4 is 0 Å². The second-order valence-corrected chi connectivity index (χ2v) is 2.41. The molecule has 0 saturated carbocycles. The van der Waals surface area contributed by atoms with Gasteiger partial charge in [-0.05, 0) is 6.42 Å². The maximum Gasteiger partial charge on any atom is 0.360 e. The van der Waals surface area contributed by atoms with Gasteiger partial charge < -0.3 is 4.18 Å². The van der Waals surface area contributed by atoms with Crippen molar-refractivity contribution in [1.29, 1.82) is 0 Å². The van der Waals surface area contributed by atoms with Crippen molar-refractivity contribution in [3.8, 4) is 0 Å². The third kappa shape index (κ3) is 7.21. The van der Waals surface area contributed by atoms with Crippen molar-refractivity contribution in [2.45, 2.75) is 19.8 Å². The van der Waals surface area contributed by atoms with E-state index in [2.05, 4.69) is 4.18 Å². The van der Waals surface area contributed by atoms with Crippen LogP contribution in [0.15, 0.2) is 12.2 Å². The highest BCUT2D eigenvalue weighted by Crippen LogP contribution is 1.90. The third-order valence-electron chi connectivity index (χ3n) is 0.863. The molecule has 0 fully saturated rings. The van der Waals surface area contributed by atoms with Crippen LogP contribution in [0.4, 0.5) is 0 Å². The lowest BCUT2D eigenvalue weighted by atomic mass is 10.3. The zero-order chi connectivity index (χ0) is 8.69. The molecule has 4 nitrogen and oxygen atoms in total. The fourth-order valence-electron chi connectivity index (χ4n) is 0.444. The number of allylic oxidation sites excluding steroid dienone is 1. The average Bonchev–Trinajstić information content (AvgIpc) is 1.86. The monoisotopic (exact) mass is 178 g/mol. The second kappa shape index (κ2) is 6.06. The predicted octanol–water partition coefficient (Wildman–Crippen LogP) is 1.02. The minimum absolute atomic E-state index is 0.757. The van der Waals surface area contributed by atoms with Gasteiger partial charge in [-0.25, -0.2) is 4.79 Å². The van der Waals surface area contributed by atoms with Crippen molar-refractivity contribution in [2.75, 3.05) is 0 Å². The predicted molar refractivity (Wildman–Crippen MR) is 40.9 cm³/mol. The van der Waals surface area contributed by atoms with Gasteiger partial charge in [0.2, 0.25) is 0 Å². The molecule has 0 aromatic rings.